The number of carbonyl (C=O) groups is 2. The third-order valence-corrected chi connectivity index (χ3v) is 5.44. The van der Waals surface area contributed by atoms with Crippen LogP contribution in [-0.2, 0) is 0 Å². The molecule has 1 aliphatic rings. The number of urea groups is 1. The molecule has 3 amide bonds. The van der Waals surface area contributed by atoms with E-state index in [1.54, 1.807) is 26.0 Å². The summed E-state index contributed by atoms with van der Waals surface area (Å²) in [5, 5.41) is 24.6. The fourth-order valence-corrected chi connectivity index (χ4v) is 3.81. The maximum atomic E-state index is 15.1. The van der Waals surface area contributed by atoms with Gasteiger partial charge in [0.2, 0.25) is 5.88 Å². The van der Waals surface area contributed by atoms with E-state index in [2.05, 4.69) is 20.6 Å². The number of carbonyl (C=O) groups excluding carboxylic acids is 1. The van der Waals surface area contributed by atoms with E-state index in [4.69, 9.17) is 10.00 Å². The van der Waals surface area contributed by atoms with Crippen LogP contribution in [0.3, 0.4) is 0 Å². The van der Waals surface area contributed by atoms with E-state index in [9.17, 15) is 14.7 Å². The van der Waals surface area contributed by atoms with Crippen LogP contribution in [0.15, 0.2) is 30.6 Å². The van der Waals surface area contributed by atoms with Crippen LogP contribution < -0.4 is 20.3 Å². The average Bonchev–Trinajstić information content (AvgIpc) is 2.79. The SMILES string of the molecule is Cc1c(-c2cc3cc(NC(=O)NC(C)CC#N)ncc3cc2F)cnc2c1N(C(=O)O)CCO2. The Morgan fingerprint density at radius 1 is 1.26 bits per heavy atom. The summed E-state index contributed by atoms with van der Waals surface area (Å²) in [6.45, 7) is 3.72. The molecule has 3 N–H and O–H groups in total. The number of nitrogens with one attached hydrogen (secondary N) is 2. The maximum absolute atomic E-state index is 15.1. The largest absolute Gasteiger partial charge is 0.474 e. The summed E-state index contributed by atoms with van der Waals surface area (Å²) in [6.07, 6.45) is 1.91. The summed E-state index contributed by atoms with van der Waals surface area (Å²) in [7, 11) is 0. The number of carboxylic acid groups (broad SMARTS) is 1. The lowest BCUT2D eigenvalue weighted by Gasteiger charge is -2.28. The van der Waals surface area contributed by atoms with E-state index in [1.165, 1.54) is 18.5 Å². The molecule has 4 rings (SSSR count). The number of hydrogen-bond acceptors (Lipinski definition) is 6. The second kappa shape index (κ2) is 9.19. The zero-order valence-electron chi connectivity index (χ0n) is 18.4. The van der Waals surface area contributed by atoms with Crippen LogP contribution in [0.4, 0.5) is 25.5 Å². The first-order valence-corrected chi connectivity index (χ1v) is 10.5. The summed E-state index contributed by atoms with van der Waals surface area (Å²) in [5.74, 6) is -0.0950. The Kier molecular flexibility index (Phi) is 6.14. The molecule has 0 saturated heterocycles. The Balaban J connectivity index is 1.71. The molecule has 0 bridgehead atoms. The van der Waals surface area contributed by atoms with Gasteiger partial charge < -0.3 is 15.2 Å². The summed E-state index contributed by atoms with van der Waals surface area (Å²) >= 11 is 0. The lowest BCUT2D eigenvalue weighted by Crippen LogP contribution is -2.37. The number of halogens is 1. The highest BCUT2D eigenvalue weighted by Gasteiger charge is 2.28. The number of rotatable bonds is 4. The molecular formula is C23H21FN6O4. The molecule has 174 valence electrons. The summed E-state index contributed by atoms with van der Waals surface area (Å²) in [5.41, 5.74) is 1.45. The Morgan fingerprint density at radius 3 is 2.79 bits per heavy atom. The van der Waals surface area contributed by atoms with E-state index in [0.29, 0.717) is 21.9 Å². The Hall–Kier alpha value is -4.46. The van der Waals surface area contributed by atoms with E-state index >= 15 is 4.39 Å². The Labute approximate surface area is 194 Å². The summed E-state index contributed by atoms with van der Waals surface area (Å²) in [4.78, 5) is 33.3. The van der Waals surface area contributed by atoms with Crippen molar-refractivity contribution in [2.75, 3.05) is 23.4 Å². The van der Waals surface area contributed by atoms with Gasteiger partial charge >= 0.3 is 12.1 Å². The van der Waals surface area contributed by atoms with E-state index in [-0.39, 0.29) is 48.6 Å². The fourth-order valence-electron chi connectivity index (χ4n) is 3.81. The molecule has 3 aromatic rings. The molecule has 1 atom stereocenters. The van der Waals surface area contributed by atoms with Crippen molar-refractivity contribution in [2.24, 2.45) is 0 Å². The minimum absolute atomic E-state index is 0.143. The van der Waals surface area contributed by atoms with Gasteiger partial charge in [-0.3, -0.25) is 10.2 Å². The number of amides is 3. The number of anilines is 2. The number of pyridine rings is 2. The van der Waals surface area contributed by atoms with Crippen LogP contribution in [0.25, 0.3) is 21.9 Å². The van der Waals surface area contributed by atoms with Crippen molar-refractivity contribution in [3.05, 3.63) is 42.0 Å². The van der Waals surface area contributed by atoms with Gasteiger partial charge in [-0.2, -0.15) is 5.26 Å². The van der Waals surface area contributed by atoms with Crippen LogP contribution in [0.2, 0.25) is 0 Å². The third-order valence-electron chi connectivity index (χ3n) is 5.44. The monoisotopic (exact) mass is 464 g/mol. The van der Waals surface area contributed by atoms with Gasteiger partial charge in [0.15, 0.2) is 0 Å². The topological polar surface area (TPSA) is 140 Å². The highest BCUT2D eigenvalue weighted by atomic mass is 19.1. The normalized spacial score (nSPS) is 13.4. The number of hydrogen-bond donors (Lipinski definition) is 3. The van der Waals surface area contributed by atoms with Gasteiger partial charge in [0.05, 0.1) is 19.0 Å². The lowest BCUT2D eigenvalue weighted by atomic mass is 9.98. The summed E-state index contributed by atoms with van der Waals surface area (Å²) in [6, 6.07) is 5.65. The standard InChI is InChI=1S/C23H21FN6O4/c1-12(3-4-25)28-22(31)29-19-9-14-7-16(18(24)8-15(14)10-26-19)17-11-27-21-20(13(17)2)30(23(32)33)5-6-34-21/h7-12H,3,5-6H2,1-2H3,(H,32,33)(H2,26,28,29,31). The molecule has 0 fully saturated rings. The first kappa shape index (κ1) is 22.7. The second-order valence-electron chi connectivity index (χ2n) is 7.84. The molecule has 1 unspecified atom stereocenters. The predicted octanol–water partition coefficient (Wildman–Crippen LogP) is 4.04. The predicted molar refractivity (Wildman–Crippen MR) is 122 cm³/mol. The highest BCUT2D eigenvalue weighted by molar-refractivity contribution is 5.95. The molecule has 10 nitrogen and oxygen atoms in total. The molecule has 3 heterocycles. The van der Waals surface area contributed by atoms with Crippen LogP contribution in [0.1, 0.15) is 18.9 Å². The van der Waals surface area contributed by atoms with E-state index in [0.717, 1.165) is 4.90 Å². The quantitative estimate of drug-likeness (QED) is 0.529. The zero-order valence-corrected chi connectivity index (χ0v) is 18.4. The molecule has 2 aromatic heterocycles. The Bertz CT molecular complexity index is 1340. The minimum Gasteiger partial charge on any atom is -0.474 e. The van der Waals surface area contributed by atoms with Crippen molar-refractivity contribution < 1.29 is 23.8 Å². The van der Waals surface area contributed by atoms with Gasteiger partial charge in [0, 0.05) is 34.9 Å². The van der Waals surface area contributed by atoms with Crippen LogP contribution in [-0.4, -0.2) is 46.4 Å². The molecule has 0 aliphatic carbocycles. The Morgan fingerprint density at radius 2 is 2.06 bits per heavy atom. The van der Waals surface area contributed by atoms with Crippen molar-refractivity contribution in [3.63, 3.8) is 0 Å². The first-order chi connectivity index (χ1) is 16.3. The van der Waals surface area contributed by atoms with Gasteiger partial charge in [-0.15, -0.1) is 0 Å². The first-order valence-electron chi connectivity index (χ1n) is 10.5. The van der Waals surface area contributed by atoms with Crippen LogP contribution in [0, 0.1) is 24.1 Å². The minimum atomic E-state index is -1.14. The maximum Gasteiger partial charge on any atom is 0.412 e. The number of nitrogens with zero attached hydrogens (tertiary/aromatic N) is 4. The lowest BCUT2D eigenvalue weighted by molar-refractivity contribution is 0.196. The molecule has 0 radical (unpaired) electrons. The highest BCUT2D eigenvalue weighted by Crippen LogP contribution is 2.40. The molecule has 0 spiro atoms. The van der Waals surface area contributed by atoms with Gasteiger partial charge in [-0.1, -0.05) is 0 Å². The van der Waals surface area contributed by atoms with Gasteiger partial charge in [0.1, 0.15) is 23.9 Å². The average molecular weight is 464 g/mol. The smallest absolute Gasteiger partial charge is 0.412 e. The van der Waals surface area contributed by atoms with Crippen LogP contribution >= 0.6 is 0 Å². The molecule has 11 heteroatoms. The van der Waals surface area contributed by atoms with Gasteiger partial charge in [-0.05, 0) is 43.0 Å². The van der Waals surface area contributed by atoms with Crippen molar-refractivity contribution in [1.82, 2.24) is 15.3 Å². The molecule has 1 aromatic carbocycles. The molecular weight excluding hydrogens is 443 g/mol. The molecule has 34 heavy (non-hydrogen) atoms. The number of benzene rings is 1. The van der Waals surface area contributed by atoms with Crippen molar-refractivity contribution in [1.29, 1.82) is 5.26 Å². The van der Waals surface area contributed by atoms with Gasteiger partial charge in [0.25, 0.3) is 0 Å². The van der Waals surface area contributed by atoms with Crippen molar-refractivity contribution in [3.8, 4) is 23.1 Å². The number of ether oxygens (including phenoxy) is 1. The molecule has 1 aliphatic heterocycles. The number of fused-ring (bicyclic) bond motifs is 2. The fraction of sp³-hybridized carbons (Fsp3) is 0.261. The van der Waals surface area contributed by atoms with Gasteiger partial charge in [-0.25, -0.2) is 23.9 Å². The third kappa shape index (κ3) is 4.38. The zero-order chi connectivity index (χ0) is 24.4. The number of aromatic nitrogens is 2. The second-order valence-corrected chi connectivity index (χ2v) is 7.84. The molecule has 0 saturated carbocycles. The number of nitriles is 1. The summed E-state index contributed by atoms with van der Waals surface area (Å²) < 4.78 is 20.6. The van der Waals surface area contributed by atoms with Crippen molar-refractivity contribution >= 4 is 34.4 Å². The van der Waals surface area contributed by atoms with E-state index < -0.39 is 17.9 Å². The van der Waals surface area contributed by atoms with Crippen LogP contribution in [0.5, 0.6) is 5.88 Å². The van der Waals surface area contributed by atoms with Crippen molar-refractivity contribution in [2.45, 2.75) is 26.3 Å². The van der Waals surface area contributed by atoms with E-state index in [1.807, 2.05) is 6.07 Å².